The van der Waals surface area contributed by atoms with E-state index >= 15 is 0 Å². The maximum Gasteiger partial charge on any atom is 0.316 e. The van der Waals surface area contributed by atoms with Crippen LogP contribution in [0.3, 0.4) is 0 Å². The van der Waals surface area contributed by atoms with Crippen molar-refractivity contribution in [2.75, 3.05) is 11.9 Å². The largest absolute Gasteiger partial charge is 0.508 e. The molecule has 10 nitrogen and oxygen atoms in total. The summed E-state index contributed by atoms with van der Waals surface area (Å²) in [5, 5.41) is 30.0. The van der Waals surface area contributed by atoms with Crippen LogP contribution in [0.4, 0.5) is 6.01 Å². The maximum absolute atomic E-state index is 13.5. The van der Waals surface area contributed by atoms with Crippen molar-refractivity contribution >= 4 is 40.8 Å². The summed E-state index contributed by atoms with van der Waals surface area (Å²) >= 11 is 6.89. The molecule has 0 spiro atoms. The number of Topliss-reactive ketones (excluding diaryl/α,β-unsaturated/α-hetero) is 2. The lowest BCUT2D eigenvalue weighted by Crippen LogP contribution is -2.40. The van der Waals surface area contributed by atoms with Crippen molar-refractivity contribution in [3.63, 3.8) is 0 Å². The van der Waals surface area contributed by atoms with Gasteiger partial charge in [-0.15, -0.1) is 5.10 Å². The minimum absolute atomic E-state index is 0.00653. The van der Waals surface area contributed by atoms with Crippen LogP contribution in [-0.4, -0.2) is 55.5 Å². The van der Waals surface area contributed by atoms with Crippen molar-refractivity contribution in [1.29, 1.82) is 0 Å². The lowest BCUT2D eigenvalue weighted by molar-refractivity contribution is -0.127. The van der Waals surface area contributed by atoms with Crippen molar-refractivity contribution < 1.29 is 29.0 Å². The number of anilines is 1. The molecule has 2 heterocycles. The van der Waals surface area contributed by atoms with Gasteiger partial charge in [0.2, 0.25) is 5.89 Å². The van der Waals surface area contributed by atoms with Crippen molar-refractivity contribution in [2.45, 2.75) is 98.7 Å². The first kappa shape index (κ1) is 36.5. The van der Waals surface area contributed by atoms with Gasteiger partial charge in [0.25, 0.3) is 0 Å². The minimum Gasteiger partial charge on any atom is -0.508 e. The molecule has 2 atom stereocenters. The number of aliphatic hydroxyl groups is 1. The highest BCUT2D eigenvalue weighted by Crippen LogP contribution is 2.43. The first-order chi connectivity index (χ1) is 21.9. The van der Waals surface area contributed by atoms with E-state index in [0.717, 1.165) is 11.1 Å². The average Bonchev–Trinajstić information content (AvgIpc) is 3.65. The van der Waals surface area contributed by atoms with E-state index in [4.69, 9.17) is 21.1 Å². The fourth-order valence-electron chi connectivity index (χ4n) is 5.74. The smallest absolute Gasteiger partial charge is 0.316 e. The highest BCUT2D eigenvalue weighted by molar-refractivity contribution is 6.32. The molecule has 2 aromatic carbocycles. The van der Waals surface area contributed by atoms with Crippen LogP contribution in [-0.2, 0) is 26.5 Å². The number of aliphatic hydroxyl groups excluding tert-OH is 1. The van der Waals surface area contributed by atoms with E-state index in [2.05, 4.69) is 21.5 Å². The Balaban J connectivity index is 0.00000185. The monoisotopic (exact) mass is 652 g/mol. The number of ketones is 2. The van der Waals surface area contributed by atoms with E-state index < -0.39 is 11.6 Å². The van der Waals surface area contributed by atoms with E-state index in [0.29, 0.717) is 47.4 Å². The molecule has 1 aliphatic heterocycles. The van der Waals surface area contributed by atoms with Crippen molar-refractivity contribution in [3.05, 3.63) is 57.6 Å². The second-order valence-electron chi connectivity index (χ2n) is 11.6. The first-order valence-electron chi connectivity index (χ1n) is 15.8. The molecule has 1 aromatic heterocycles. The summed E-state index contributed by atoms with van der Waals surface area (Å²) < 4.78 is 5.99. The molecule has 2 unspecified atom stereocenters. The second-order valence-corrected chi connectivity index (χ2v) is 12.0. The highest BCUT2D eigenvalue weighted by atomic mass is 35.5. The summed E-state index contributed by atoms with van der Waals surface area (Å²) in [5.74, 6) is 2.25. The zero-order valence-electron chi connectivity index (χ0n) is 27.7. The summed E-state index contributed by atoms with van der Waals surface area (Å²) in [6, 6.07) is 8.48. The molecule has 0 fully saturated rings. The zero-order valence-corrected chi connectivity index (χ0v) is 28.5. The Labute approximate surface area is 275 Å². The molecular formula is C35H45ClN4O6. The molecule has 0 saturated carbocycles. The van der Waals surface area contributed by atoms with Crippen LogP contribution in [0, 0.1) is 12.8 Å². The molecule has 1 aliphatic rings. The third kappa shape index (κ3) is 7.69. The fraction of sp³-hybridized carbons (Fsp3) is 0.486. The van der Waals surface area contributed by atoms with Gasteiger partial charge in [-0.25, -0.2) is 4.79 Å². The summed E-state index contributed by atoms with van der Waals surface area (Å²) in [7, 11) is 0. The molecule has 0 saturated heterocycles. The van der Waals surface area contributed by atoms with Gasteiger partial charge in [0, 0.05) is 52.8 Å². The van der Waals surface area contributed by atoms with Gasteiger partial charge in [0.15, 0.2) is 11.7 Å². The van der Waals surface area contributed by atoms with Crippen molar-refractivity contribution in [1.82, 2.24) is 15.1 Å². The number of aromatic hydroxyl groups is 1. The van der Waals surface area contributed by atoms with Gasteiger partial charge in [0.05, 0.1) is 11.6 Å². The Hall–Kier alpha value is -3.98. The van der Waals surface area contributed by atoms with Gasteiger partial charge >= 0.3 is 6.01 Å². The Kier molecular flexibility index (Phi) is 12.7. The number of hydrogen-bond donors (Lipinski definition) is 3. The van der Waals surface area contributed by atoms with Gasteiger partial charge in [0.1, 0.15) is 17.2 Å². The van der Waals surface area contributed by atoms with Crippen molar-refractivity contribution in [2.24, 2.45) is 5.92 Å². The predicted molar refractivity (Wildman–Crippen MR) is 179 cm³/mol. The predicted octanol–water partition coefficient (Wildman–Crippen LogP) is 6.87. The number of halogens is 1. The Morgan fingerprint density at radius 2 is 1.83 bits per heavy atom. The molecule has 4 rings (SSSR count). The van der Waals surface area contributed by atoms with Crippen LogP contribution in [0.2, 0.25) is 5.02 Å². The number of nitrogens with zero attached hydrogens (tertiary/aromatic N) is 3. The average molecular weight is 653 g/mol. The number of carbonyl (C=O) groups is 2. The van der Waals surface area contributed by atoms with Crippen LogP contribution in [0.25, 0.3) is 17.2 Å². The fourth-order valence-corrected chi connectivity index (χ4v) is 6.02. The first-order valence-corrected chi connectivity index (χ1v) is 16.2. The van der Waals surface area contributed by atoms with Gasteiger partial charge < -0.3 is 29.6 Å². The highest BCUT2D eigenvalue weighted by Gasteiger charge is 2.39. The second kappa shape index (κ2) is 16.0. The molecule has 46 heavy (non-hydrogen) atoms. The van der Waals surface area contributed by atoms with Gasteiger partial charge in [-0.05, 0) is 76.3 Å². The third-order valence-electron chi connectivity index (χ3n) is 8.80. The van der Waals surface area contributed by atoms with Crippen LogP contribution in [0.15, 0.2) is 34.7 Å². The lowest BCUT2D eigenvalue weighted by Gasteiger charge is -2.33. The number of rotatable bonds is 13. The Morgan fingerprint density at radius 1 is 1.15 bits per heavy atom. The Morgan fingerprint density at radius 3 is 2.41 bits per heavy atom. The van der Waals surface area contributed by atoms with E-state index in [-0.39, 0.29) is 60.4 Å². The summed E-state index contributed by atoms with van der Waals surface area (Å²) in [5.41, 5.74) is 3.03. The Bertz CT molecular complexity index is 1590. The normalized spacial score (nSPS) is 13.8. The molecule has 0 radical (unpaired) electrons. The van der Waals surface area contributed by atoms with Gasteiger partial charge in [-0.2, -0.15) is 0 Å². The van der Waals surface area contributed by atoms with Crippen LogP contribution < -0.4 is 5.32 Å². The number of aromatic nitrogens is 2. The maximum atomic E-state index is 13.5. The van der Waals surface area contributed by atoms with Crippen molar-refractivity contribution in [3.8, 4) is 17.2 Å². The van der Waals surface area contributed by atoms with E-state index in [1.165, 1.54) is 6.92 Å². The van der Waals surface area contributed by atoms with E-state index in [1.807, 2.05) is 39.8 Å². The quantitative estimate of drug-likeness (QED) is 0.167. The number of phenols is 1. The zero-order chi connectivity index (χ0) is 34.2. The number of phenolic OH excluding ortho intramolecular Hbond substituents is 1. The number of carbonyl (C=O) groups excluding carboxylic acids is 3. The summed E-state index contributed by atoms with van der Waals surface area (Å²) in [4.78, 5) is 39.6. The number of nitrogens with one attached hydrogen (secondary N) is 1. The van der Waals surface area contributed by atoms with Crippen LogP contribution >= 0.6 is 11.6 Å². The molecule has 3 aromatic rings. The third-order valence-corrected chi connectivity index (χ3v) is 9.14. The van der Waals surface area contributed by atoms with Gasteiger partial charge in [-0.3, -0.25) is 4.79 Å². The molecular weight excluding hydrogens is 608 g/mol. The SMILES string of the molecule is CCC(C)C(=O)C(CCC(C)=O)N1Cc2c(Cl)cc(C(CC)(CC)Nc3nnc(-c4cccc(O)c4C)o3)cc2C1=C=O.CCO. The number of benzene rings is 2. The van der Waals surface area contributed by atoms with Crippen LogP contribution in [0.1, 0.15) is 95.9 Å². The van der Waals surface area contributed by atoms with E-state index in [9.17, 15) is 19.5 Å². The molecule has 0 bridgehead atoms. The molecule has 11 heteroatoms. The molecule has 3 N–H and O–H groups in total. The lowest BCUT2D eigenvalue weighted by atomic mass is 9.83. The topological polar surface area (TPSA) is 146 Å². The molecule has 248 valence electrons. The van der Waals surface area contributed by atoms with Crippen LogP contribution in [0.5, 0.6) is 5.75 Å². The number of fused-ring (bicyclic) bond motifs is 1. The molecule has 0 amide bonds. The minimum atomic E-state index is -0.682. The molecule has 0 aliphatic carbocycles. The number of hydrogen-bond acceptors (Lipinski definition) is 10. The summed E-state index contributed by atoms with van der Waals surface area (Å²) in [6.07, 6.45) is 2.45. The summed E-state index contributed by atoms with van der Waals surface area (Å²) in [6.45, 7) is 13.4. The standard InChI is InChI=1S/C33H39ClN4O5.C2H6O/c1-7-19(4)30(42)27(14-13-20(5)40)38-17-25-24(28(38)18-39)15-22(16-26(25)34)33(8-2,9-3)35-32-37-36-31(43-32)23-11-10-12-29(41)21(23)6;1-2-3/h10-12,15-16,19,27,41H,7-9,13-14,17H2,1-6H3,(H,35,37);3H,2H2,1H3. The van der Waals surface area contributed by atoms with Gasteiger partial charge in [-0.1, -0.05) is 50.5 Å². The van der Waals surface area contributed by atoms with E-state index in [1.54, 1.807) is 36.9 Å².